The number of hydrogen-bond acceptors (Lipinski definition) is 4. The number of benzene rings is 1. The average Bonchev–Trinajstić information content (AvgIpc) is 2.91. The van der Waals surface area contributed by atoms with Crippen molar-refractivity contribution in [2.75, 3.05) is 0 Å². The number of halogens is 1. The fraction of sp³-hybridized carbons (Fsp3) is 0.250. The van der Waals surface area contributed by atoms with Gasteiger partial charge >= 0.3 is 0 Å². The lowest BCUT2D eigenvalue weighted by atomic mass is 10.3. The molecule has 2 heterocycles. The van der Waals surface area contributed by atoms with Gasteiger partial charge in [-0.05, 0) is 44.2 Å². The molecule has 0 saturated heterocycles. The molecular weight excluding hydrogens is 348 g/mol. The Labute approximate surface area is 145 Å². The van der Waals surface area contributed by atoms with Crippen molar-refractivity contribution >= 4 is 32.8 Å². The van der Waals surface area contributed by atoms with Gasteiger partial charge in [0.1, 0.15) is 11.3 Å². The minimum Gasteiger partial charge on any atom is -0.309 e. The first-order valence-corrected chi connectivity index (χ1v) is 9.31. The molecular formula is C16H17ClN4O2S. The van der Waals surface area contributed by atoms with Crippen LogP contribution in [0.15, 0.2) is 47.5 Å². The second-order valence-corrected chi connectivity index (χ2v) is 7.82. The van der Waals surface area contributed by atoms with E-state index in [1.54, 1.807) is 24.4 Å². The van der Waals surface area contributed by atoms with Crippen LogP contribution in [0.2, 0.25) is 5.02 Å². The van der Waals surface area contributed by atoms with E-state index < -0.39 is 10.0 Å². The van der Waals surface area contributed by atoms with Crippen LogP contribution in [0.1, 0.15) is 25.7 Å². The lowest BCUT2D eigenvalue weighted by Crippen LogP contribution is -2.25. The van der Waals surface area contributed by atoms with Crippen molar-refractivity contribution in [3.8, 4) is 0 Å². The van der Waals surface area contributed by atoms with Gasteiger partial charge in [-0.15, -0.1) is 0 Å². The van der Waals surface area contributed by atoms with E-state index in [2.05, 4.69) is 14.7 Å². The molecule has 0 bridgehead atoms. The predicted octanol–water partition coefficient (Wildman–Crippen LogP) is 3.14. The van der Waals surface area contributed by atoms with Crippen molar-refractivity contribution in [1.82, 2.24) is 19.3 Å². The van der Waals surface area contributed by atoms with E-state index >= 15 is 0 Å². The summed E-state index contributed by atoms with van der Waals surface area (Å²) in [6.07, 6.45) is 1.70. The highest BCUT2D eigenvalue weighted by molar-refractivity contribution is 7.89. The van der Waals surface area contributed by atoms with Crippen LogP contribution >= 0.6 is 11.6 Å². The number of hydrogen-bond donors (Lipinski definition) is 1. The molecule has 0 atom stereocenters. The summed E-state index contributed by atoms with van der Waals surface area (Å²) in [4.78, 5) is 8.96. The second kappa shape index (κ2) is 6.51. The molecule has 1 N–H and O–H groups in total. The standard InChI is InChI=1S/C16H17ClN4O2S/c1-11(2)21-15(20-14-7-4-8-18-16(14)21)10-19-24(22,23)13-6-3-5-12(17)9-13/h3-9,11,19H,10H2,1-2H3. The van der Waals surface area contributed by atoms with Gasteiger partial charge in [0.15, 0.2) is 5.65 Å². The van der Waals surface area contributed by atoms with Crippen LogP contribution in [0.4, 0.5) is 0 Å². The number of nitrogens with one attached hydrogen (secondary N) is 1. The Bertz CT molecular complexity index is 983. The minimum absolute atomic E-state index is 0.0728. The van der Waals surface area contributed by atoms with Crippen LogP contribution in [0, 0.1) is 0 Å². The third-order valence-corrected chi connectivity index (χ3v) is 5.20. The molecule has 0 amide bonds. The minimum atomic E-state index is -3.67. The summed E-state index contributed by atoms with van der Waals surface area (Å²) in [6, 6.07) is 9.92. The molecule has 24 heavy (non-hydrogen) atoms. The van der Waals surface area contributed by atoms with E-state index in [-0.39, 0.29) is 17.5 Å². The van der Waals surface area contributed by atoms with Gasteiger partial charge in [0.25, 0.3) is 0 Å². The maximum Gasteiger partial charge on any atom is 0.241 e. The molecule has 8 heteroatoms. The summed E-state index contributed by atoms with van der Waals surface area (Å²) in [5.74, 6) is 0.615. The van der Waals surface area contributed by atoms with E-state index in [1.807, 2.05) is 24.5 Å². The molecule has 0 radical (unpaired) electrons. The number of sulfonamides is 1. The summed E-state index contributed by atoms with van der Waals surface area (Å²) in [7, 11) is -3.67. The van der Waals surface area contributed by atoms with Crippen LogP contribution in [0.25, 0.3) is 11.2 Å². The highest BCUT2D eigenvalue weighted by Gasteiger charge is 2.18. The van der Waals surface area contributed by atoms with Gasteiger partial charge < -0.3 is 4.57 Å². The summed E-state index contributed by atoms with van der Waals surface area (Å²) >= 11 is 5.87. The number of nitrogens with zero attached hydrogens (tertiary/aromatic N) is 3. The van der Waals surface area contributed by atoms with E-state index in [9.17, 15) is 8.42 Å². The molecule has 0 fully saturated rings. The topological polar surface area (TPSA) is 76.9 Å². The monoisotopic (exact) mass is 364 g/mol. The van der Waals surface area contributed by atoms with Crippen LogP contribution in [-0.2, 0) is 16.6 Å². The summed E-state index contributed by atoms with van der Waals surface area (Å²) in [5, 5.41) is 0.372. The molecule has 6 nitrogen and oxygen atoms in total. The molecule has 0 aliphatic heterocycles. The van der Waals surface area contributed by atoms with Crippen molar-refractivity contribution < 1.29 is 8.42 Å². The number of aromatic nitrogens is 3. The third-order valence-electron chi connectivity index (χ3n) is 3.56. The molecule has 1 aromatic carbocycles. The van der Waals surface area contributed by atoms with Gasteiger partial charge in [-0.3, -0.25) is 0 Å². The van der Waals surface area contributed by atoms with Crippen molar-refractivity contribution in [3.63, 3.8) is 0 Å². The Morgan fingerprint density at radius 1 is 1.25 bits per heavy atom. The first kappa shape index (κ1) is 16.9. The second-order valence-electron chi connectivity index (χ2n) is 5.62. The highest BCUT2D eigenvalue weighted by Crippen LogP contribution is 2.20. The summed E-state index contributed by atoms with van der Waals surface area (Å²) in [6.45, 7) is 4.08. The molecule has 2 aromatic heterocycles. The van der Waals surface area contributed by atoms with Gasteiger partial charge in [-0.1, -0.05) is 17.7 Å². The maximum absolute atomic E-state index is 12.4. The lowest BCUT2D eigenvalue weighted by Gasteiger charge is -2.13. The SMILES string of the molecule is CC(C)n1c(CNS(=O)(=O)c2cccc(Cl)c2)nc2cccnc21. The van der Waals surface area contributed by atoms with Crippen molar-refractivity contribution in [3.05, 3.63) is 53.4 Å². The normalized spacial score (nSPS) is 12.2. The lowest BCUT2D eigenvalue weighted by molar-refractivity contribution is 0.556. The zero-order valence-electron chi connectivity index (χ0n) is 13.3. The Morgan fingerprint density at radius 3 is 2.75 bits per heavy atom. The van der Waals surface area contributed by atoms with Gasteiger partial charge in [0.2, 0.25) is 10.0 Å². The first-order chi connectivity index (χ1) is 11.4. The molecule has 3 aromatic rings. The summed E-state index contributed by atoms with van der Waals surface area (Å²) < 4.78 is 29.4. The highest BCUT2D eigenvalue weighted by atomic mass is 35.5. The number of pyridine rings is 1. The fourth-order valence-corrected chi connectivity index (χ4v) is 3.80. The molecule has 0 aliphatic carbocycles. The van der Waals surface area contributed by atoms with Gasteiger partial charge in [-0.25, -0.2) is 23.1 Å². The van der Waals surface area contributed by atoms with Crippen molar-refractivity contribution in [2.45, 2.75) is 31.3 Å². The summed E-state index contributed by atoms with van der Waals surface area (Å²) in [5.41, 5.74) is 1.48. The van der Waals surface area contributed by atoms with Gasteiger partial charge in [-0.2, -0.15) is 0 Å². The van der Waals surface area contributed by atoms with E-state index in [0.717, 1.165) is 11.2 Å². The van der Waals surface area contributed by atoms with Gasteiger partial charge in [0, 0.05) is 17.3 Å². The van der Waals surface area contributed by atoms with Crippen molar-refractivity contribution in [1.29, 1.82) is 0 Å². The molecule has 0 spiro atoms. The average molecular weight is 365 g/mol. The number of rotatable bonds is 5. The maximum atomic E-state index is 12.4. The van der Waals surface area contributed by atoms with E-state index in [0.29, 0.717) is 10.8 Å². The zero-order valence-corrected chi connectivity index (χ0v) is 14.8. The third kappa shape index (κ3) is 3.28. The van der Waals surface area contributed by atoms with Gasteiger partial charge in [0.05, 0.1) is 11.4 Å². The van der Waals surface area contributed by atoms with Crippen LogP contribution in [0.5, 0.6) is 0 Å². The van der Waals surface area contributed by atoms with Crippen LogP contribution in [-0.4, -0.2) is 23.0 Å². The van der Waals surface area contributed by atoms with Crippen LogP contribution in [0.3, 0.4) is 0 Å². The quantitative estimate of drug-likeness (QED) is 0.754. The predicted molar refractivity (Wildman–Crippen MR) is 93.4 cm³/mol. The first-order valence-electron chi connectivity index (χ1n) is 7.45. The molecule has 0 unspecified atom stereocenters. The Balaban J connectivity index is 1.92. The number of fused-ring (bicyclic) bond motifs is 1. The number of imidazole rings is 1. The molecule has 0 saturated carbocycles. The molecule has 0 aliphatic rings. The molecule has 3 rings (SSSR count). The Hall–Kier alpha value is -1.96. The fourth-order valence-electron chi connectivity index (χ4n) is 2.52. The largest absolute Gasteiger partial charge is 0.309 e. The Kier molecular flexibility index (Phi) is 4.58. The smallest absolute Gasteiger partial charge is 0.241 e. The van der Waals surface area contributed by atoms with E-state index in [4.69, 9.17) is 11.6 Å². The van der Waals surface area contributed by atoms with Crippen LogP contribution < -0.4 is 4.72 Å². The Morgan fingerprint density at radius 2 is 2.04 bits per heavy atom. The van der Waals surface area contributed by atoms with Crippen molar-refractivity contribution in [2.24, 2.45) is 0 Å². The van der Waals surface area contributed by atoms with E-state index in [1.165, 1.54) is 12.1 Å². The zero-order chi connectivity index (χ0) is 17.3. The molecule has 126 valence electrons.